The van der Waals surface area contributed by atoms with Crippen LogP contribution in [0.4, 0.5) is 0 Å². The van der Waals surface area contributed by atoms with Gasteiger partial charge in [0.2, 0.25) is 0 Å². The highest BCUT2D eigenvalue weighted by Gasteiger charge is 2.01. The number of rotatable bonds is 3. The first kappa shape index (κ1) is 9.30. The molecule has 2 rings (SSSR count). The van der Waals surface area contributed by atoms with Crippen molar-refractivity contribution in [3.63, 3.8) is 0 Å². The summed E-state index contributed by atoms with van der Waals surface area (Å²) in [4.78, 5) is 9.08. The van der Waals surface area contributed by atoms with Gasteiger partial charge < -0.3 is 5.11 Å². The van der Waals surface area contributed by atoms with E-state index in [1.165, 1.54) is 5.56 Å². The Balaban J connectivity index is 2.11. The van der Waals surface area contributed by atoms with E-state index < -0.39 is 0 Å². The van der Waals surface area contributed by atoms with Crippen molar-refractivity contribution in [1.82, 2.24) is 9.97 Å². The van der Waals surface area contributed by atoms with Crippen molar-refractivity contribution in [3.05, 3.63) is 46.2 Å². The van der Waals surface area contributed by atoms with Gasteiger partial charge >= 0.3 is 0 Å². The standard InChI is InChI=1S/C10H10N2OS/c13-7-9-6-12-10(14-9)5-8-1-3-11-4-2-8/h1-4,6,13H,5,7H2. The molecule has 0 radical (unpaired) electrons. The lowest BCUT2D eigenvalue weighted by atomic mass is 10.2. The molecule has 0 bridgehead atoms. The molecule has 0 spiro atoms. The summed E-state index contributed by atoms with van der Waals surface area (Å²) >= 11 is 1.55. The molecule has 0 aliphatic rings. The summed E-state index contributed by atoms with van der Waals surface area (Å²) in [7, 11) is 0. The normalized spacial score (nSPS) is 10.4. The molecule has 72 valence electrons. The number of hydrogen-bond donors (Lipinski definition) is 1. The van der Waals surface area contributed by atoms with Crippen LogP contribution in [0.25, 0.3) is 0 Å². The minimum absolute atomic E-state index is 0.0774. The highest BCUT2D eigenvalue weighted by molar-refractivity contribution is 7.11. The van der Waals surface area contributed by atoms with Crippen LogP contribution in [-0.2, 0) is 13.0 Å². The van der Waals surface area contributed by atoms with Crippen LogP contribution in [0.3, 0.4) is 0 Å². The molecule has 0 unspecified atom stereocenters. The molecular weight excluding hydrogens is 196 g/mol. The molecule has 4 heteroatoms. The van der Waals surface area contributed by atoms with Crippen LogP contribution in [0.5, 0.6) is 0 Å². The van der Waals surface area contributed by atoms with E-state index in [2.05, 4.69) is 9.97 Å². The summed E-state index contributed by atoms with van der Waals surface area (Å²) in [5.74, 6) is 0. The monoisotopic (exact) mass is 206 g/mol. The van der Waals surface area contributed by atoms with Gasteiger partial charge in [-0.3, -0.25) is 4.98 Å². The third kappa shape index (κ3) is 2.16. The largest absolute Gasteiger partial charge is 0.391 e. The topological polar surface area (TPSA) is 46.0 Å². The fourth-order valence-electron chi connectivity index (χ4n) is 1.18. The number of aliphatic hydroxyl groups excluding tert-OH is 1. The summed E-state index contributed by atoms with van der Waals surface area (Å²) in [6.07, 6.45) is 6.08. The lowest BCUT2D eigenvalue weighted by molar-refractivity contribution is 0.285. The maximum absolute atomic E-state index is 8.88. The number of aliphatic hydroxyl groups is 1. The van der Waals surface area contributed by atoms with Gasteiger partial charge in [0.15, 0.2) is 0 Å². The second-order valence-electron chi connectivity index (χ2n) is 2.91. The van der Waals surface area contributed by atoms with Gasteiger partial charge in [0.1, 0.15) is 0 Å². The van der Waals surface area contributed by atoms with E-state index >= 15 is 0 Å². The Morgan fingerprint density at radius 3 is 2.71 bits per heavy atom. The summed E-state index contributed by atoms with van der Waals surface area (Å²) in [5.41, 5.74) is 1.19. The van der Waals surface area contributed by atoms with Crippen LogP contribution in [0.15, 0.2) is 30.7 Å². The maximum atomic E-state index is 8.88. The zero-order chi connectivity index (χ0) is 9.80. The Morgan fingerprint density at radius 2 is 2.07 bits per heavy atom. The summed E-state index contributed by atoms with van der Waals surface area (Å²) in [5, 5.41) is 9.91. The molecule has 0 atom stereocenters. The van der Waals surface area contributed by atoms with Gasteiger partial charge in [-0.2, -0.15) is 0 Å². The number of hydrogen-bond acceptors (Lipinski definition) is 4. The quantitative estimate of drug-likeness (QED) is 0.830. The zero-order valence-corrected chi connectivity index (χ0v) is 8.37. The van der Waals surface area contributed by atoms with E-state index in [1.54, 1.807) is 29.9 Å². The van der Waals surface area contributed by atoms with Crippen molar-refractivity contribution in [2.45, 2.75) is 13.0 Å². The van der Waals surface area contributed by atoms with E-state index in [-0.39, 0.29) is 6.61 Å². The van der Waals surface area contributed by atoms with Crippen LogP contribution in [0.1, 0.15) is 15.4 Å². The van der Waals surface area contributed by atoms with Crippen molar-refractivity contribution in [1.29, 1.82) is 0 Å². The average molecular weight is 206 g/mol. The lowest BCUT2D eigenvalue weighted by Crippen LogP contribution is -1.85. The maximum Gasteiger partial charge on any atom is 0.0972 e. The smallest absolute Gasteiger partial charge is 0.0972 e. The molecule has 2 aromatic heterocycles. The first-order chi connectivity index (χ1) is 6.88. The molecular formula is C10H10N2OS. The molecule has 0 fully saturated rings. The third-order valence-electron chi connectivity index (χ3n) is 1.86. The van der Waals surface area contributed by atoms with Crippen molar-refractivity contribution in [3.8, 4) is 0 Å². The molecule has 0 aromatic carbocycles. The molecule has 0 saturated carbocycles. The van der Waals surface area contributed by atoms with Gasteiger partial charge in [0, 0.05) is 25.0 Å². The summed E-state index contributed by atoms with van der Waals surface area (Å²) in [6.45, 7) is 0.0774. The highest BCUT2D eigenvalue weighted by atomic mass is 32.1. The lowest BCUT2D eigenvalue weighted by Gasteiger charge is -1.95. The molecule has 0 saturated heterocycles. The number of thiazole rings is 1. The van der Waals surface area contributed by atoms with Crippen LogP contribution in [0.2, 0.25) is 0 Å². The van der Waals surface area contributed by atoms with Crippen LogP contribution in [-0.4, -0.2) is 15.1 Å². The fourth-order valence-corrected chi connectivity index (χ4v) is 1.99. The van der Waals surface area contributed by atoms with E-state index in [4.69, 9.17) is 5.11 Å². The van der Waals surface area contributed by atoms with Crippen molar-refractivity contribution in [2.24, 2.45) is 0 Å². The fraction of sp³-hybridized carbons (Fsp3) is 0.200. The molecule has 14 heavy (non-hydrogen) atoms. The average Bonchev–Trinajstić information content (AvgIpc) is 2.67. The Kier molecular flexibility index (Phi) is 2.86. The molecule has 1 N–H and O–H groups in total. The van der Waals surface area contributed by atoms with Crippen LogP contribution >= 0.6 is 11.3 Å². The van der Waals surface area contributed by atoms with Crippen LogP contribution in [0, 0.1) is 0 Å². The summed E-state index contributed by atoms with van der Waals surface area (Å²) < 4.78 is 0. The van der Waals surface area contributed by atoms with E-state index in [0.717, 1.165) is 16.3 Å². The molecule has 2 aromatic rings. The Morgan fingerprint density at radius 1 is 1.29 bits per heavy atom. The third-order valence-corrected chi connectivity index (χ3v) is 2.84. The minimum Gasteiger partial charge on any atom is -0.391 e. The zero-order valence-electron chi connectivity index (χ0n) is 7.55. The number of pyridine rings is 1. The first-order valence-electron chi connectivity index (χ1n) is 4.32. The van der Waals surface area contributed by atoms with E-state index in [1.807, 2.05) is 12.1 Å². The molecule has 0 aliphatic heterocycles. The Bertz CT molecular complexity index is 400. The highest BCUT2D eigenvalue weighted by Crippen LogP contribution is 2.16. The SMILES string of the molecule is OCc1cnc(Cc2ccncc2)s1. The summed E-state index contributed by atoms with van der Waals surface area (Å²) in [6, 6.07) is 3.94. The Hall–Kier alpha value is -1.26. The van der Waals surface area contributed by atoms with Gasteiger partial charge in [-0.15, -0.1) is 11.3 Å². The molecule has 3 nitrogen and oxygen atoms in total. The van der Waals surface area contributed by atoms with Gasteiger partial charge in [0.05, 0.1) is 16.5 Å². The van der Waals surface area contributed by atoms with Crippen molar-refractivity contribution in [2.75, 3.05) is 0 Å². The van der Waals surface area contributed by atoms with Gasteiger partial charge in [0.25, 0.3) is 0 Å². The van der Waals surface area contributed by atoms with Gasteiger partial charge in [-0.1, -0.05) is 0 Å². The molecule has 2 heterocycles. The van der Waals surface area contributed by atoms with E-state index in [0.29, 0.717) is 0 Å². The number of aromatic nitrogens is 2. The molecule has 0 amide bonds. The van der Waals surface area contributed by atoms with E-state index in [9.17, 15) is 0 Å². The predicted octanol–water partition coefficient (Wildman–Crippen LogP) is 1.62. The van der Waals surface area contributed by atoms with Crippen molar-refractivity contribution >= 4 is 11.3 Å². The minimum atomic E-state index is 0.0774. The Labute approximate surface area is 86.1 Å². The second-order valence-corrected chi connectivity index (χ2v) is 4.11. The van der Waals surface area contributed by atoms with Gasteiger partial charge in [-0.05, 0) is 17.7 Å². The number of nitrogens with zero attached hydrogens (tertiary/aromatic N) is 2. The second kappa shape index (κ2) is 4.30. The first-order valence-corrected chi connectivity index (χ1v) is 5.13. The predicted molar refractivity (Wildman–Crippen MR) is 55.1 cm³/mol. The van der Waals surface area contributed by atoms with Crippen molar-refractivity contribution < 1.29 is 5.11 Å². The van der Waals surface area contributed by atoms with Gasteiger partial charge in [-0.25, -0.2) is 4.98 Å². The molecule has 0 aliphatic carbocycles. The van der Waals surface area contributed by atoms with Crippen LogP contribution < -0.4 is 0 Å².